The van der Waals surface area contributed by atoms with Gasteiger partial charge in [0.15, 0.2) is 11.5 Å². The summed E-state index contributed by atoms with van der Waals surface area (Å²) in [4.78, 5) is 0. The number of benzene rings is 1. The Morgan fingerprint density at radius 2 is 1.76 bits per heavy atom. The molecule has 0 spiro atoms. The summed E-state index contributed by atoms with van der Waals surface area (Å²) in [6, 6.07) is 3.83. The minimum atomic E-state index is -0.372. The molecule has 0 radical (unpaired) electrons. The molecule has 1 saturated carbocycles. The zero-order chi connectivity index (χ0) is 12.4. The molecule has 1 aliphatic carbocycles. The van der Waals surface area contributed by atoms with Crippen LogP contribution in [0.1, 0.15) is 36.5 Å². The third-order valence-electron chi connectivity index (χ3n) is 3.69. The number of aliphatic hydroxyl groups excluding tert-OH is 1. The minimum Gasteiger partial charge on any atom is -0.493 e. The summed E-state index contributed by atoms with van der Waals surface area (Å²) in [5.41, 5.74) is 2.02. The molecule has 1 atom stereocenters. The van der Waals surface area contributed by atoms with Crippen molar-refractivity contribution >= 4 is 0 Å². The van der Waals surface area contributed by atoms with Crippen molar-refractivity contribution in [1.82, 2.24) is 0 Å². The van der Waals surface area contributed by atoms with Gasteiger partial charge in [-0.2, -0.15) is 0 Å². The Morgan fingerprint density at radius 3 is 2.24 bits per heavy atom. The predicted molar refractivity (Wildman–Crippen MR) is 66.6 cm³/mol. The van der Waals surface area contributed by atoms with E-state index < -0.39 is 0 Å². The first kappa shape index (κ1) is 12.2. The van der Waals surface area contributed by atoms with Gasteiger partial charge in [0, 0.05) is 0 Å². The van der Waals surface area contributed by atoms with E-state index in [0.717, 1.165) is 29.7 Å². The first-order valence-corrected chi connectivity index (χ1v) is 6.08. The number of hydrogen-bond donors (Lipinski definition) is 1. The minimum absolute atomic E-state index is 0.372. The molecule has 17 heavy (non-hydrogen) atoms. The second kappa shape index (κ2) is 4.96. The lowest BCUT2D eigenvalue weighted by Crippen LogP contribution is -2.20. The molecule has 1 N–H and O–H groups in total. The molecule has 1 aromatic carbocycles. The number of aryl methyl sites for hydroxylation is 1. The van der Waals surface area contributed by atoms with Crippen LogP contribution in [0.5, 0.6) is 11.5 Å². The van der Waals surface area contributed by atoms with Crippen molar-refractivity contribution in [3.8, 4) is 11.5 Å². The summed E-state index contributed by atoms with van der Waals surface area (Å²) in [5, 5.41) is 10.3. The molecule has 2 rings (SSSR count). The molecule has 0 bridgehead atoms. The van der Waals surface area contributed by atoms with E-state index in [1.54, 1.807) is 14.2 Å². The van der Waals surface area contributed by atoms with Crippen molar-refractivity contribution in [2.45, 2.75) is 32.3 Å². The van der Waals surface area contributed by atoms with Gasteiger partial charge in [0.25, 0.3) is 0 Å². The van der Waals surface area contributed by atoms with E-state index in [9.17, 15) is 5.11 Å². The largest absolute Gasteiger partial charge is 0.493 e. The van der Waals surface area contributed by atoms with Gasteiger partial charge in [-0.1, -0.05) is 6.42 Å². The molecule has 3 nitrogen and oxygen atoms in total. The average molecular weight is 236 g/mol. The molecule has 0 amide bonds. The normalized spacial score (nSPS) is 17.4. The van der Waals surface area contributed by atoms with E-state index in [1.807, 2.05) is 19.1 Å². The van der Waals surface area contributed by atoms with Crippen LogP contribution >= 0.6 is 0 Å². The van der Waals surface area contributed by atoms with Crippen LogP contribution < -0.4 is 9.47 Å². The SMILES string of the molecule is COc1cc(C)c(C(O)C2CCC2)cc1OC. The number of rotatable bonds is 4. The van der Waals surface area contributed by atoms with Gasteiger partial charge in [0.05, 0.1) is 20.3 Å². The van der Waals surface area contributed by atoms with Crippen LogP contribution in [0, 0.1) is 12.8 Å². The van der Waals surface area contributed by atoms with Crippen LogP contribution in [0.2, 0.25) is 0 Å². The monoisotopic (exact) mass is 236 g/mol. The van der Waals surface area contributed by atoms with Gasteiger partial charge in [-0.15, -0.1) is 0 Å². The van der Waals surface area contributed by atoms with Gasteiger partial charge in [-0.25, -0.2) is 0 Å². The maximum Gasteiger partial charge on any atom is 0.161 e. The highest BCUT2D eigenvalue weighted by Crippen LogP contribution is 2.41. The molecule has 1 aliphatic rings. The molecule has 1 aromatic rings. The van der Waals surface area contributed by atoms with Crippen LogP contribution in [0.3, 0.4) is 0 Å². The Labute approximate surface area is 102 Å². The van der Waals surface area contributed by atoms with E-state index in [1.165, 1.54) is 6.42 Å². The molecule has 0 saturated heterocycles. The average Bonchev–Trinajstić information content (AvgIpc) is 2.26. The third-order valence-corrected chi connectivity index (χ3v) is 3.69. The summed E-state index contributed by atoms with van der Waals surface area (Å²) >= 11 is 0. The fraction of sp³-hybridized carbons (Fsp3) is 0.571. The Bertz CT molecular complexity index is 397. The quantitative estimate of drug-likeness (QED) is 0.873. The van der Waals surface area contributed by atoms with Gasteiger partial charge in [0.2, 0.25) is 0 Å². The molecular weight excluding hydrogens is 216 g/mol. The first-order chi connectivity index (χ1) is 8.17. The van der Waals surface area contributed by atoms with Crippen molar-refractivity contribution in [2.24, 2.45) is 5.92 Å². The molecule has 0 aromatic heterocycles. The van der Waals surface area contributed by atoms with E-state index in [2.05, 4.69) is 0 Å². The molecule has 94 valence electrons. The van der Waals surface area contributed by atoms with E-state index >= 15 is 0 Å². The lowest BCUT2D eigenvalue weighted by atomic mass is 9.78. The lowest BCUT2D eigenvalue weighted by molar-refractivity contribution is 0.0614. The van der Waals surface area contributed by atoms with Gasteiger partial charge >= 0.3 is 0 Å². The standard InChI is InChI=1S/C14H20O3/c1-9-7-12(16-2)13(17-3)8-11(9)14(15)10-5-4-6-10/h7-8,10,14-15H,4-6H2,1-3H3. The number of hydrogen-bond acceptors (Lipinski definition) is 3. The van der Waals surface area contributed by atoms with Crippen LogP contribution in [0.25, 0.3) is 0 Å². The number of ether oxygens (including phenoxy) is 2. The van der Waals surface area contributed by atoms with Gasteiger partial charge in [-0.3, -0.25) is 0 Å². The molecule has 1 fully saturated rings. The zero-order valence-corrected chi connectivity index (χ0v) is 10.7. The van der Waals surface area contributed by atoms with Gasteiger partial charge in [0.1, 0.15) is 0 Å². The van der Waals surface area contributed by atoms with Crippen LogP contribution in [0.4, 0.5) is 0 Å². The summed E-state index contributed by atoms with van der Waals surface area (Å²) in [6.45, 7) is 2.00. The van der Waals surface area contributed by atoms with E-state index in [0.29, 0.717) is 11.7 Å². The molecule has 0 aliphatic heterocycles. The second-order valence-corrected chi connectivity index (χ2v) is 4.70. The third kappa shape index (κ3) is 2.25. The van der Waals surface area contributed by atoms with Crippen molar-refractivity contribution in [3.05, 3.63) is 23.3 Å². The lowest BCUT2D eigenvalue weighted by Gasteiger charge is -2.31. The summed E-state index contributed by atoms with van der Waals surface area (Å²) in [5.74, 6) is 1.81. The van der Waals surface area contributed by atoms with Gasteiger partial charge in [-0.05, 0) is 48.9 Å². The van der Waals surface area contributed by atoms with Gasteiger partial charge < -0.3 is 14.6 Å². The highest BCUT2D eigenvalue weighted by molar-refractivity contribution is 5.47. The molecular formula is C14H20O3. The predicted octanol–water partition coefficient (Wildman–Crippen LogP) is 2.85. The Morgan fingerprint density at radius 1 is 1.18 bits per heavy atom. The summed E-state index contributed by atoms with van der Waals surface area (Å²) in [7, 11) is 3.24. The van der Waals surface area contributed by atoms with Crippen LogP contribution in [-0.4, -0.2) is 19.3 Å². The maximum absolute atomic E-state index is 10.3. The summed E-state index contributed by atoms with van der Waals surface area (Å²) in [6.07, 6.45) is 3.10. The molecule has 3 heteroatoms. The fourth-order valence-electron chi connectivity index (χ4n) is 2.32. The second-order valence-electron chi connectivity index (χ2n) is 4.70. The highest BCUT2D eigenvalue weighted by Gasteiger charge is 2.28. The topological polar surface area (TPSA) is 38.7 Å². The Kier molecular flexibility index (Phi) is 3.57. The van der Waals surface area contributed by atoms with E-state index in [-0.39, 0.29) is 6.10 Å². The fourth-order valence-corrected chi connectivity index (χ4v) is 2.32. The highest BCUT2D eigenvalue weighted by atomic mass is 16.5. The zero-order valence-electron chi connectivity index (χ0n) is 10.7. The van der Waals surface area contributed by atoms with E-state index in [4.69, 9.17) is 9.47 Å². The Balaban J connectivity index is 2.32. The van der Waals surface area contributed by atoms with Crippen molar-refractivity contribution in [3.63, 3.8) is 0 Å². The maximum atomic E-state index is 10.3. The van der Waals surface area contributed by atoms with Crippen molar-refractivity contribution in [1.29, 1.82) is 0 Å². The Hall–Kier alpha value is -1.22. The number of methoxy groups -OCH3 is 2. The molecule has 1 unspecified atom stereocenters. The van der Waals surface area contributed by atoms with Crippen molar-refractivity contribution in [2.75, 3.05) is 14.2 Å². The molecule has 0 heterocycles. The first-order valence-electron chi connectivity index (χ1n) is 6.08. The van der Waals surface area contributed by atoms with Crippen LogP contribution in [-0.2, 0) is 0 Å². The van der Waals surface area contributed by atoms with Crippen LogP contribution in [0.15, 0.2) is 12.1 Å². The number of aliphatic hydroxyl groups is 1. The van der Waals surface area contributed by atoms with Crippen molar-refractivity contribution < 1.29 is 14.6 Å². The smallest absolute Gasteiger partial charge is 0.161 e. The summed E-state index contributed by atoms with van der Waals surface area (Å²) < 4.78 is 10.5.